The van der Waals surface area contributed by atoms with Crippen molar-refractivity contribution in [2.24, 2.45) is 5.92 Å². The molecule has 2 fully saturated rings. The molecule has 1 aromatic rings. The van der Waals surface area contributed by atoms with Gasteiger partial charge in [-0.3, -0.25) is 9.69 Å². The maximum absolute atomic E-state index is 12.3. The first-order valence-electron chi connectivity index (χ1n) is 10.5. The molecule has 3 rings (SSSR count). The third kappa shape index (κ3) is 5.72. The second-order valence-electron chi connectivity index (χ2n) is 8.72. The lowest BCUT2D eigenvalue weighted by Gasteiger charge is -2.42. The fourth-order valence-electron chi connectivity index (χ4n) is 4.45. The minimum Gasteiger partial charge on any atom is -0.388 e. The highest BCUT2D eigenvalue weighted by Gasteiger charge is 2.37. The first kappa shape index (κ1) is 23.0. The van der Waals surface area contributed by atoms with E-state index in [1.165, 1.54) is 21.8 Å². The van der Waals surface area contributed by atoms with Crippen LogP contribution in [0.2, 0.25) is 0 Å². The number of hydrogen-bond acceptors (Lipinski definition) is 6. The molecule has 0 radical (unpaired) electrons. The summed E-state index contributed by atoms with van der Waals surface area (Å²) in [5.41, 5.74) is 1.55. The van der Waals surface area contributed by atoms with Crippen LogP contribution in [0.5, 0.6) is 0 Å². The SMILES string of the molecule is CNC(=O)[C@H]1CN(CC2(O)CCN(c3cccc(C)c3)CC2)CCN(S(C)(=O)=O)C1. The number of piperidine rings is 1. The maximum atomic E-state index is 12.3. The number of amides is 1. The summed E-state index contributed by atoms with van der Waals surface area (Å²) in [4.78, 5) is 16.7. The summed E-state index contributed by atoms with van der Waals surface area (Å²) in [6, 6.07) is 8.38. The van der Waals surface area contributed by atoms with Crippen LogP contribution < -0.4 is 10.2 Å². The Balaban J connectivity index is 1.65. The second-order valence-corrected chi connectivity index (χ2v) is 10.7. The average Bonchev–Trinajstić information content (AvgIpc) is 2.90. The molecule has 0 saturated carbocycles. The molecule has 0 aromatic heterocycles. The van der Waals surface area contributed by atoms with E-state index in [4.69, 9.17) is 0 Å². The zero-order valence-electron chi connectivity index (χ0n) is 18.2. The summed E-state index contributed by atoms with van der Waals surface area (Å²) in [6.07, 6.45) is 2.45. The number of anilines is 1. The summed E-state index contributed by atoms with van der Waals surface area (Å²) >= 11 is 0. The van der Waals surface area contributed by atoms with Crippen molar-refractivity contribution < 1.29 is 18.3 Å². The number of aliphatic hydroxyl groups is 1. The van der Waals surface area contributed by atoms with Crippen LogP contribution in [0.25, 0.3) is 0 Å². The van der Waals surface area contributed by atoms with Gasteiger partial charge in [0.1, 0.15) is 0 Å². The van der Waals surface area contributed by atoms with Gasteiger partial charge >= 0.3 is 0 Å². The summed E-state index contributed by atoms with van der Waals surface area (Å²) in [7, 11) is -1.81. The van der Waals surface area contributed by atoms with Crippen LogP contribution in [0.15, 0.2) is 24.3 Å². The Kier molecular flexibility index (Phi) is 7.06. The smallest absolute Gasteiger partial charge is 0.225 e. The van der Waals surface area contributed by atoms with Crippen LogP contribution in [-0.4, -0.2) is 93.4 Å². The summed E-state index contributed by atoms with van der Waals surface area (Å²) in [5.74, 6) is -0.625. The van der Waals surface area contributed by atoms with Gasteiger partial charge in [0.15, 0.2) is 0 Å². The Morgan fingerprint density at radius 3 is 2.50 bits per heavy atom. The van der Waals surface area contributed by atoms with Gasteiger partial charge in [-0.1, -0.05) is 12.1 Å². The number of hydrogen-bond donors (Lipinski definition) is 2. The van der Waals surface area contributed by atoms with Crippen LogP contribution in [0.4, 0.5) is 5.69 Å². The molecule has 8 nitrogen and oxygen atoms in total. The highest BCUT2D eigenvalue weighted by atomic mass is 32.2. The molecule has 9 heteroatoms. The molecule has 0 spiro atoms. The summed E-state index contributed by atoms with van der Waals surface area (Å²) < 4.78 is 25.5. The second kappa shape index (κ2) is 9.21. The molecule has 168 valence electrons. The standard InChI is InChI=1S/C21H34N4O4S/c1-17-5-4-6-19(13-17)24-9-7-21(27,8-10-24)16-23-11-12-25(30(3,28)29)15-18(14-23)20(26)22-2/h4-6,13,18,27H,7-12,14-16H2,1-3H3,(H,22,26)/t18-/m0/s1. The molecule has 0 unspecified atom stereocenters. The fourth-order valence-corrected chi connectivity index (χ4v) is 5.31. The van der Waals surface area contributed by atoms with Crippen molar-refractivity contribution in [3.63, 3.8) is 0 Å². The molecule has 2 heterocycles. The van der Waals surface area contributed by atoms with Crippen molar-refractivity contribution in [3.8, 4) is 0 Å². The highest BCUT2D eigenvalue weighted by Crippen LogP contribution is 2.28. The zero-order chi connectivity index (χ0) is 21.9. The lowest BCUT2D eigenvalue weighted by Crippen LogP contribution is -2.52. The summed E-state index contributed by atoms with van der Waals surface area (Å²) in [5, 5.41) is 13.9. The van der Waals surface area contributed by atoms with E-state index in [0.717, 1.165) is 13.1 Å². The normalized spacial score (nSPS) is 23.7. The lowest BCUT2D eigenvalue weighted by atomic mass is 9.90. The van der Waals surface area contributed by atoms with E-state index in [-0.39, 0.29) is 12.5 Å². The molecular formula is C21H34N4O4S. The van der Waals surface area contributed by atoms with E-state index >= 15 is 0 Å². The molecule has 1 aromatic carbocycles. The molecule has 1 atom stereocenters. The van der Waals surface area contributed by atoms with Crippen LogP contribution in [0.1, 0.15) is 18.4 Å². The van der Waals surface area contributed by atoms with E-state index in [1.807, 2.05) is 4.90 Å². The monoisotopic (exact) mass is 438 g/mol. The molecule has 1 amide bonds. The number of aryl methyl sites for hydroxylation is 1. The van der Waals surface area contributed by atoms with Gasteiger partial charge < -0.3 is 15.3 Å². The number of nitrogens with zero attached hydrogens (tertiary/aromatic N) is 3. The minimum absolute atomic E-state index is 0.170. The number of carbonyl (C=O) groups excluding carboxylic acids is 1. The van der Waals surface area contributed by atoms with Gasteiger partial charge in [0, 0.05) is 58.5 Å². The van der Waals surface area contributed by atoms with Crippen LogP contribution in [-0.2, 0) is 14.8 Å². The van der Waals surface area contributed by atoms with E-state index in [9.17, 15) is 18.3 Å². The van der Waals surface area contributed by atoms with Crippen molar-refractivity contribution in [2.75, 3.05) is 64.0 Å². The Labute approximate surface area is 179 Å². The van der Waals surface area contributed by atoms with Crippen molar-refractivity contribution in [1.29, 1.82) is 0 Å². The van der Waals surface area contributed by atoms with Gasteiger partial charge in [0.05, 0.1) is 17.8 Å². The number of sulfonamides is 1. The molecule has 2 saturated heterocycles. The lowest BCUT2D eigenvalue weighted by molar-refractivity contribution is -0.125. The Bertz CT molecular complexity index is 852. The van der Waals surface area contributed by atoms with Gasteiger partial charge in [0.25, 0.3) is 0 Å². The van der Waals surface area contributed by atoms with Crippen LogP contribution in [0, 0.1) is 12.8 Å². The quantitative estimate of drug-likeness (QED) is 0.685. The molecule has 2 aliphatic heterocycles. The van der Waals surface area contributed by atoms with Gasteiger partial charge in [-0.2, -0.15) is 0 Å². The average molecular weight is 439 g/mol. The first-order chi connectivity index (χ1) is 14.1. The predicted molar refractivity (Wildman–Crippen MR) is 118 cm³/mol. The fraction of sp³-hybridized carbons (Fsp3) is 0.667. The van der Waals surface area contributed by atoms with Crippen molar-refractivity contribution in [3.05, 3.63) is 29.8 Å². The van der Waals surface area contributed by atoms with Crippen LogP contribution >= 0.6 is 0 Å². The number of carbonyl (C=O) groups is 1. The topological polar surface area (TPSA) is 93.2 Å². The van der Waals surface area contributed by atoms with Gasteiger partial charge in [-0.05, 0) is 37.5 Å². The minimum atomic E-state index is -3.38. The molecule has 2 N–H and O–H groups in total. The van der Waals surface area contributed by atoms with E-state index < -0.39 is 21.5 Å². The highest BCUT2D eigenvalue weighted by molar-refractivity contribution is 7.88. The number of β-amino-alcohol motifs (C(OH)–C–C–N with tert-alkyl or cyclic N) is 1. The van der Waals surface area contributed by atoms with Crippen molar-refractivity contribution in [2.45, 2.75) is 25.4 Å². The van der Waals surface area contributed by atoms with Crippen LogP contribution in [0.3, 0.4) is 0 Å². The largest absolute Gasteiger partial charge is 0.388 e. The van der Waals surface area contributed by atoms with Gasteiger partial charge in [-0.25, -0.2) is 12.7 Å². The Morgan fingerprint density at radius 2 is 1.90 bits per heavy atom. The Morgan fingerprint density at radius 1 is 1.20 bits per heavy atom. The van der Waals surface area contributed by atoms with Gasteiger partial charge in [-0.15, -0.1) is 0 Å². The van der Waals surface area contributed by atoms with Gasteiger partial charge in [0.2, 0.25) is 15.9 Å². The van der Waals surface area contributed by atoms with E-state index in [2.05, 4.69) is 41.4 Å². The molecule has 2 aliphatic rings. The third-order valence-corrected chi connectivity index (χ3v) is 7.50. The molecule has 30 heavy (non-hydrogen) atoms. The molecule has 0 aliphatic carbocycles. The van der Waals surface area contributed by atoms with Crippen molar-refractivity contribution >= 4 is 21.6 Å². The van der Waals surface area contributed by atoms with E-state index in [1.54, 1.807) is 7.05 Å². The van der Waals surface area contributed by atoms with E-state index in [0.29, 0.717) is 39.0 Å². The summed E-state index contributed by atoms with van der Waals surface area (Å²) in [6.45, 7) is 5.50. The third-order valence-electron chi connectivity index (χ3n) is 6.23. The predicted octanol–water partition coefficient (Wildman–Crippen LogP) is 0.266. The Hall–Kier alpha value is -1.68. The zero-order valence-corrected chi connectivity index (χ0v) is 19.0. The number of benzene rings is 1. The number of nitrogens with one attached hydrogen (secondary N) is 1. The van der Waals surface area contributed by atoms with Crippen molar-refractivity contribution in [1.82, 2.24) is 14.5 Å². The molecule has 0 bridgehead atoms. The number of rotatable bonds is 5. The first-order valence-corrected chi connectivity index (χ1v) is 12.4. The maximum Gasteiger partial charge on any atom is 0.225 e. The molecular weight excluding hydrogens is 404 g/mol.